The first-order chi connectivity index (χ1) is 7.68. The van der Waals surface area contributed by atoms with Gasteiger partial charge < -0.3 is 20.3 Å². The summed E-state index contributed by atoms with van der Waals surface area (Å²) in [6, 6.07) is 6.48. The number of hydrogen-bond donors (Lipinski definition) is 3. The summed E-state index contributed by atoms with van der Waals surface area (Å²) in [4.78, 5) is 10.1. The van der Waals surface area contributed by atoms with Crippen molar-refractivity contribution in [1.29, 1.82) is 0 Å². The lowest BCUT2D eigenvalue weighted by Crippen LogP contribution is -2.22. The number of phenols is 1. The van der Waals surface area contributed by atoms with Crippen LogP contribution >= 0.6 is 0 Å². The van der Waals surface area contributed by atoms with Gasteiger partial charge in [-0.1, -0.05) is 0 Å². The van der Waals surface area contributed by atoms with Gasteiger partial charge in [-0.2, -0.15) is 0 Å². The van der Waals surface area contributed by atoms with E-state index < -0.39 is 6.09 Å². The Labute approximate surface area is 93.7 Å². The van der Waals surface area contributed by atoms with E-state index in [-0.39, 0.29) is 5.75 Å². The van der Waals surface area contributed by atoms with Crippen LogP contribution in [0.3, 0.4) is 0 Å². The molecular formula is C11H15NO4. The quantitative estimate of drug-likeness (QED) is 0.645. The minimum atomic E-state index is -1.00. The van der Waals surface area contributed by atoms with Crippen LogP contribution in [0.2, 0.25) is 0 Å². The van der Waals surface area contributed by atoms with Crippen LogP contribution in [0, 0.1) is 0 Å². The molecule has 1 aromatic rings. The van der Waals surface area contributed by atoms with Crippen molar-refractivity contribution in [3.05, 3.63) is 24.3 Å². The SMILES string of the molecule is O=C(O)NCCCCOc1ccc(O)cc1. The molecule has 0 fully saturated rings. The van der Waals surface area contributed by atoms with Gasteiger partial charge in [0.2, 0.25) is 0 Å². The molecule has 16 heavy (non-hydrogen) atoms. The predicted molar refractivity (Wildman–Crippen MR) is 58.9 cm³/mol. The Morgan fingerprint density at radius 2 is 1.94 bits per heavy atom. The van der Waals surface area contributed by atoms with Gasteiger partial charge in [0.15, 0.2) is 0 Å². The molecule has 0 aromatic heterocycles. The first kappa shape index (κ1) is 12.2. The van der Waals surface area contributed by atoms with Gasteiger partial charge in [0, 0.05) is 6.54 Å². The number of amides is 1. The molecule has 0 aliphatic rings. The third-order valence-corrected chi connectivity index (χ3v) is 1.95. The molecule has 3 N–H and O–H groups in total. The second-order valence-corrected chi connectivity index (χ2v) is 3.28. The number of aromatic hydroxyl groups is 1. The maximum Gasteiger partial charge on any atom is 0.404 e. The van der Waals surface area contributed by atoms with Gasteiger partial charge in [-0.3, -0.25) is 0 Å². The van der Waals surface area contributed by atoms with Crippen molar-refractivity contribution in [2.45, 2.75) is 12.8 Å². The average molecular weight is 225 g/mol. The lowest BCUT2D eigenvalue weighted by molar-refractivity contribution is 0.194. The molecule has 0 saturated carbocycles. The number of benzene rings is 1. The van der Waals surface area contributed by atoms with Gasteiger partial charge in [-0.15, -0.1) is 0 Å². The third kappa shape index (κ3) is 5.09. The van der Waals surface area contributed by atoms with Crippen LogP contribution < -0.4 is 10.1 Å². The van der Waals surface area contributed by atoms with Crippen molar-refractivity contribution in [2.75, 3.05) is 13.2 Å². The van der Waals surface area contributed by atoms with E-state index in [0.717, 1.165) is 12.8 Å². The fraction of sp³-hybridized carbons (Fsp3) is 0.364. The molecule has 0 heterocycles. The Kier molecular flexibility index (Phi) is 4.98. The minimum Gasteiger partial charge on any atom is -0.508 e. The van der Waals surface area contributed by atoms with Gasteiger partial charge in [0.25, 0.3) is 0 Å². The number of hydrogen-bond acceptors (Lipinski definition) is 3. The van der Waals surface area contributed by atoms with Crippen molar-refractivity contribution < 1.29 is 19.7 Å². The summed E-state index contributed by atoms with van der Waals surface area (Å²) in [5.74, 6) is 0.905. The number of phenolic OH excluding ortho intramolecular Hbond substituents is 1. The predicted octanol–water partition coefficient (Wildman–Crippen LogP) is 1.82. The molecule has 1 rings (SSSR count). The summed E-state index contributed by atoms with van der Waals surface area (Å²) < 4.78 is 5.38. The summed E-state index contributed by atoms with van der Waals surface area (Å²) in [5, 5.41) is 19.6. The summed E-state index contributed by atoms with van der Waals surface area (Å²) in [6.07, 6.45) is 0.519. The number of nitrogens with one attached hydrogen (secondary N) is 1. The number of ether oxygens (including phenoxy) is 1. The van der Waals surface area contributed by atoms with Crippen LogP contribution in [0.1, 0.15) is 12.8 Å². The van der Waals surface area contributed by atoms with E-state index in [4.69, 9.17) is 14.9 Å². The topological polar surface area (TPSA) is 78.8 Å². The van der Waals surface area contributed by atoms with Crippen LogP contribution in [0.4, 0.5) is 4.79 Å². The summed E-state index contributed by atoms with van der Waals surface area (Å²) in [5.41, 5.74) is 0. The normalized spacial score (nSPS) is 9.75. The zero-order valence-corrected chi connectivity index (χ0v) is 8.85. The fourth-order valence-electron chi connectivity index (χ4n) is 1.15. The lowest BCUT2D eigenvalue weighted by Gasteiger charge is -2.05. The highest BCUT2D eigenvalue weighted by Gasteiger charge is 1.95. The Hall–Kier alpha value is -1.91. The standard InChI is InChI=1S/C11H15NO4/c13-9-3-5-10(6-4-9)16-8-2-1-7-12-11(14)15/h3-6,12-13H,1-2,7-8H2,(H,14,15). The van der Waals surface area contributed by atoms with E-state index >= 15 is 0 Å². The van der Waals surface area contributed by atoms with Crippen LogP contribution in [0.5, 0.6) is 11.5 Å². The van der Waals surface area contributed by atoms with Crippen molar-refractivity contribution in [3.8, 4) is 11.5 Å². The summed E-state index contributed by atoms with van der Waals surface area (Å²) >= 11 is 0. The number of carbonyl (C=O) groups is 1. The Morgan fingerprint density at radius 1 is 1.25 bits per heavy atom. The third-order valence-electron chi connectivity index (χ3n) is 1.95. The van der Waals surface area contributed by atoms with E-state index in [9.17, 15) is 4.79 Å². The Bertz CT molecular complexity index is 323. The van der Waals surface area contributed by atoms with Crippen LogP contribution in [-0.4, -0.2) is 29.5 Å². The minimum absolute atomic E-state index is 0.206. The maximum absolute atomic E-state index is 10.1. The van der Waals surface area contributed by atoms with Crippen LogP contribution in [-0.2, 0) is 0 Å². The van der Waals surface area contributed by atoms with E-state index in [1.165, 1.54) is 0 Å². The van der Waals surface area contributed by atoms with E-state index in [1.54, 1.807) is 24.3 Å². The molecule has 0 aliphatic heterocycles. The van der Waals surface area contributed by atoms with E-state index in [0.29, 0.717) is 18.9 Å². The fourth-order valence-corrected chi connectivity index (χ4v) is 1.15. The van der Waals surface area contributed by atoms with Gasteiger partial charge in [0.05, 0.1) is 6.61 Å². The molecule has 0 radical (unpaired) electrons. The molecule has 0 aliphatic carbocycles. The molecular weight excluding hydrogens is 210 g/mol. The molecule has 0 unspecified atom stereocenters. The second kappa shape index (κ2) is 6.55. The first-order valence-electron chi connectivity index (χ1n) is 5.07. The molecule has 1 amide bonds. The highest BCUT2D eigenvalue weighted by atomic mass is 16.5. The molecule has 5 heteroatoms. The zero-order chi connectivity index (χ0) is 11.8. The van der Waals surface area contributed by atoms with Crippen molar-refractivity contribution >= 4 is 6.09 Å². The Balaban J connectivity index is 2.07. The number of rotatable bonds is 6. The molecule has 88 valence electrons. The monoisotopic (exact) mass is 225 g/mol. The maximum atomic E-state index is 10.1. The molecule has 5 nitrogen and oxygen atoms in total. The van der Waals surface area contributed by atoms with Crippen molar-refractivity contribution in [2.24, 2.45) is 0 Å². The molecule has 0 bridgehead atoms. The lowest BCUT2D eigenvalue weighted by atomic mass is 10.3. The van der Waals surface area contributed by atoms with Gasteiger partial charge in [-0.05, 0) is 37.1 Å². The molecule has 0 spiro atoms. The largest absolute Gasteiger partial charge is 0.508 e. The van der Waals surface area contributed by atoms with Gasteiger partial charge >= 0.3 is 6.09 Å². The highest BCUT2D eigenvalue weighted by molar-refractivity contribution is 5.64. The summed E-state index contributed by atoms with van der Waals surface area (Å²) in [7, 11) is 0. The van der Waals surface area contributed by atoms with Crippen LogP contribution in [0.25, 0.3) is 0 Å². The Morgan fingerprint density at radius 3 is 2.56 bits per heavy atom. The van der Waals surface area contributed by atoms with Gasteiger partial charge in [0.1, 0.15) is 11.5 Å². The smallest absolute Gasteiger partial charge is 0.404 e. The first-order valence-corrected chi connectivity index (χ1v) is 5.07. The van der Waals surface area contributed by atoms with Crippen molar-refractivity contribution in [3.63, 3.8) is 0 Å². The van der Waals surface area contributed by atoms with Gasteiger partial charge in [-0.25, -0.2) is 4.79 Å². The van der Waals surface area contributed by atoms with E-state index in [1.807, 2.05) is 0 Å². The average Bonchev–Trinajstić information content (AvgIpc) is 2.25. The summed E-state index contributed by atoms with van der Waals surface area (Å²) in [6.45, 7) is 0.973. The number of unbranched alkanes of at least 4 members (excludes halogenated alkanes) is 1. The zero-order valence-electron chi connectivity index (χ0n) is 8.85. The molecule has 0 saturated heterocycles. The second-order valence-electron chi connectivity index (χ2n) is 3.28. The van der Waals surface area contributed by atoms with Crippen LogP contribution in [0.15, 0.2) is 24.3 Å². The number of carboxylic acid groups (broad SMARTS) is 1. The molecule has 1 aromatic carbocycles. The van der Waals surface area contributed by atoms with Crippen molar-refractivity contribution in [1.82, 2.24) is 5.32 Å². The highest BCUT2D eigenvalue weighted by Crippen LogP contribution is 2.15. The van der Waals surface area contributed by atoms with E-state index in [2.05, 4.69) is 5.32 Å². The molecule has 0 atom stereocenters.